The van der Waals surface area contributed by atoms with Gasteiger partial charge in [0.15, 0.2) is 6.29 Å². The molecule has 0 saturated carbocycles. The monoisotopic (exact) mass is 348 g/mol. The van der Waals surface area contributed by atoms with Crippen molar-refractivity contribution in [3.05, 3.63) is 41.0 Å². The molecule has 0 atom stereocenters. The van der Waals surface area contributed by atoms with Gasteiger partial charge in [0.1, 0.15) is 4.90 Å². The van der Waals surface area contributed by atoms with Crippen molar-refractivity contribution in [1.82, 2.24) is 0 Å². The van der Waals surface area contributed by atoms with Crippen LogP contribution in [0.2, 0.25) is 0 Å². The molecule has 2 rings (SSSR count). The Labute approximate surface area is 143 Å². The Bertz CT molecular complexity index is 838. The minimum Gasteiger partial charge on any atom is -0.298 e. The number of aldehydes is 1. The summed E-state index contributed by atoms with van der Waals surface area (Å²) in [7, 11) is -4.48. The summed E-state index contributed by atoms with van der Waals surface area (Å²) in [5.74, 6) is 0. The second-order valence-corrected chi connectivity index (χ2v) is 7.40. The number of rotatable bonds is 8. The van der Waals surface area contributed by atoms with Crippen LogP contribution in [-0.4, -0.2) is 19.3 Å². The fraction of sp³-hybridized carbons (Fsp3) is 0.421. The molecule has 0 aliphatic carbocycles. The normalized spacial score (nSPS) is 11.8. The lowest BCUT2D eigenvalue weighted by Crippen LogP contribution is -2.12. The molecule has 0 spiro atoms. The predicted octanol–water partition coefficient (Wildman–Crippen LogP) is 4.58. The summed E-state index contributed by atoms with van der Waals surface area (Å²) >= 11 is 0. The van der Waals surface area contributed by atoms with E-state index in [2.05, 4.69) is 6.92 Å². The first-order valence-corrected chi connectivity index (χ1v) is 9.88. The molecular formula is C19H24O4S. The third-order valence-electron chi connectivity index (χ3n) is 4.36. The zero-order chi connectivity index (χ0) is 17.7. The number of aryl methyl sites for hydroxylation is 1. The fourth-order valence-corrected chi connectivity index (χ4v) is 4.21. The summed E-state index contributed by atoms with van der Waals surface area (Å²) in [6, 6.07) is 7.34. The van der Waals surface area contributed by atoms with Crippen LogP contribution in [0, 0.1) is 0 Å². The van der Waals surface area contributed by atoms with Crippen LogP contribution >= 0.6 is 0 Å². The van der Waals surface area contributed by atoms with E-state index < -0.39 is 10.1 Å². The first-order chi connectivity index (χ1) is 11.5. The zero-order valence-corrected chi connectivity index (χ0v) is 15.0. The largest absolute Gasteiger partial charge is 0.298 e. The summed E-state index contributed by atoms with van der Waals surface area (Å²) in [5, 5.41) is 1.50. The maximum Gasteiger partial charge on any atom is 0.295 e. The lowest BCUT2D eigenvalue weighted by atomic mass is 9.89. The average Bonchev–Trinajstić information content (AvgIpc) is 2.56. The first-order valence-electron chi connectivity index (χ1n) is 8.44. The zero-order valence-electron chi connectivity index (χ0n) is 14.2. The van der Waals surface area contributed by atoms with Gasteiger partial charge in [0, 0.05) is 5.56 Å². The van der Waals surface area contributed by atoms with Crippen LogP contribution in [0.1, 0.15) is 61.0 Å². The van der Waals surface area contributed by atoms with Crippen molar-refractivity contribution in [2.45, 2.75) is 57.3 Å². The van der Waals surface area contributed by atoms with Crippen molar-refractivity contribution in [2.24, 2.45) is 0 Å². The molecule has 0 aliphatic heterocycles. The van der Waals surface area contributed by atoms with Gasteiger partial charge in [0.25, 0.3) is 10.1 Å². The quantitative estimate of drug-likeness (QED) is 0.560. The summed E-state index contributed by atoms with van der Waals surface area (Å²) in [4.78, 5) is 11.5. The van der Waals surface area contributed by atoms with Crippen molar-refractivity contribution in [2.75, 3.05) is 0 Å². The topological polar surface area (TPSA) is 71.4 Å². The van der Waals surface area contributed by atoms with E-state index in [0.29, 0.717) is 23.7 Å². The van der Waals surface area contributed by atoms with Crippen LogP contribution in [0.4, 0.5) is 0 Å². The van der Waals surface area contributed by atoms with Crippen LogP contribution < -0.4 is 0 Å². The van der Waals surface area contributed by atoms with E-state index in [-0.39, 0.29) is 10.5 Å². The smallest absolute Gasteiger partial charge is 0.295 e. The molecule has 0 heterocycles. The second-order valence-electron chi connectivity index (χ2n) is 6.05. The number of hydrogen-bond acceptors (Lipinski definition) is 3. The Kier molecular flexibility index (Phi) is 6.13. The van der Waals surface area contributed by atoms with E-state index in [1.54, 1.807) is 12.1 Å². The number of benzene rings is 2. The molecule has 0 radical (unpaired) electrons. The fourth-order valence-electron chi connectivity index (χ4n) is 3.23. The molecule has 0 amide bonds. The molecule has 4 nitrogen and oxygen atoms in total. The van der Waals surface area contributed by atoms with Crippen molar-refractivity contribution >= 4 is 27.2 Å². The highest BCUT2D eigenvalue weighted by Gasteiger charge is 2.26. The lowest BCUT2D eigenvalue weighted by molar-refractivity contribution is 0.112. The van der Waals surface area contributed by atoms with Gasteiger partial charge in [0.2, 0.25) is 0 Å². The maximum atomic E-state index is 12.1. The number of carbonyl (C=O) groups is 1. The number of unbranched alkanes of at least 4 members (excludes halogenated alkanes) is 2. The van der Waals surface area contributed by atoms with Gasteiger partial charge in [-0.1, -0.05) is 51.0 Å². The molecule has 24 heavy (non-hydrogen) atoms. The first kappa shape index (κ1) is 18.6. The molecule has 2 aromatic rings. The van der Waals surface area contributed by atoms with Gasteiger partial charge in [-0.05, 0) is 47.6 Å². The Hall–Kier alpha value is -1.72. The Morgan fingerprint density at radius 1 is 0.958 bits per heavy atom. The highest BCUT2D eigenvalue weighted by molar-refractivity contribution is 7.86. The lowest BCUT2D eigenvalue weighted by Gasteiger charge is -2.19. The van der Waals surface area contributed by atoms with Gasteiger partial charge in [-0.3, -0.25) is 9.35 Å². The molecule has 5 heteroatoms. The molecule has 0 aromatic heterocycles. The molecule has 1 N–H and O–H groups in total. The van der Waals surface area contributed by atoms with E-state index in [9.17, 15) is 17.8 Å². The SMILES string of the molecule is CCCCc1c(S(=O)(=O)O)c(C=O)c2ccccc2c1CCCC. The third-order valence-corrected chi connectivity index (χ3v) is 5.34. The molecule has 0 saturated heterocycles. The van der Waals surface area contributed by atoms with Gasteiger partial charge < -0.3 is 0 Å². The minimum atomic E-state index is -4.48. The summed E-state index contributed by atoms with van der Waals surface area (Å²) in [6.07, 6.45) is 5.44. The van der Waals surface area contributed by atoms with Gasteiger partial charge in [-0.2, -0.15) is 8.42 Å². The molecule has 0 unspecified atom stereocenters. The van der Waals surface area contributed by atoms with Gasteiger partial charge in [-0.25, -0.2) is 0 Å². The molecule has 0 fully saturated rings. The molecule has 130 valence electrons. The number of hydrogen-bond donors (Lipinski definition) is 1. The standard InChI is InChI=1S/C19H24O4S/c1-3-5-9-15-14-11-7-8-12-16(14)18(13-20)19(24(21,22)23)17(15)10-6-4-2/h7-8,11-13H,3-6,9-10H2,1-2H3,(H,21,22,23). The van der Waals surface area contributed by atoms with Gasteiger partial charge in [0.05, 0.1) is 0 Å². The molecular weight excluding hydrogens is 324 g/mol. The van der Waals surface area contributed by atoms with Crippen LogP contribution in [0.5, 0.6) is 0 Å². The van der Waals surface area contributed by atoms with Crippen molar-refractivity contribution in [3.63, 3.8) is 0 Å². The van der Waals surface area contributed by atoms with Crippen molar-refractivity contribution < 1.29 is 17.8 Å². The van der Waals surface area contributed by atoms with Crippen molar-refractivity contribution in [3.8, 4) is 0 Å². The van der Waals surface area contributed by atoms with E-state index in [1.165, 1.54) is 0 Å². The maximum absolute atomic E-state index is 12.1. The summed E-state index contributed by atoms with van der Waals surface area (Å²) < 4.78 is 33.9. The van der Waals surface area contributed by atoms with Gasteiger partial charge >= 0.3 is 0 Å². The minimum absolute atomic E-state index is 0.0689. The molecule has 2 aromatic carbocycles. The van der Waals surface area contributed by atoms with E-state index in [1.807, 2.05) is 19.1 Å². The van der Waals surface area contributed by atoms with E-state index in [0.717, 1.165) is 43.1 Å². The number of carbonyl (C=O) groups excluding carboxylic acids is 1. The average molecular weight is 348 g/mol. The Morgan fingerprint density at radius 3 is 2.00 bits per heavy atom. The molecule has 0 aliphatic rings. The van der Waals surface area contributed by atoms with Crippen LogP contribution in [-0.2, 0) is 23.0 Å². The van der Waals surface area contributed by atoms with Crippen LogP contribution in [0.3, 0.4) is 0 Å². The third kappa shape index (κ3) is 3.68. The highest BCUT2D eigenvalue weighted by Crippen LogP contribution is 2.34. The second kappa shape index (κ2) is 7.90. The van der Waals surface area contributed by atoms with Gasteiger partial charge in [-0.15, -0.1) is 0 Å². The summed E-state index contributed by atoms with van der Waals surface area (Å²) in [5.41, 5.74) is 1.62. The van der Waals surface area contributed by atoms with E-state index in [4.69, 9.17) is 0 Å². The predicted molar refractivity (Wildman–Crippen MR) is 96.4 cm³/mol. The Morgan fingerprint density at radius 2 is 1.50 bits per heavy atom. The van der Waals surface area contributed by atoms with Crippen LogP contribution in [0.25, 0.3) is 10.8 Å². The summed E-state index contributed by atoms with van der Waals surface area (Å²) in [6.45, 7) is 4.11. The van der Waals surface area contributed by atoms with Crippen LogP contribution in [0.15, 0.2) is 29.2 Å². The highest BCUT2D eigenvalue weighted by atomic mass is 32.2. The Balaban J connectivity index is 2.94. The molecule has 0 bridgehead atoms. The number of fused-ring (bicyclic) bond motifs is 1. The van der Waals surface area contributed by atoms with Crippen molar-refractivity contribution in [1.29, 1.82) is 0 Å². The van der Waals surface area contributed by atoms with E-state index >= 15 is 0 Å².